The van der Waals surface area contributed by atoms with E-state index in [9.17, 15) is 0 Å². The van der Waals surface area contributed by atoms with Crippen molar-refractivity contribution in [1.29, 1.82) is 0 Å². The van der Waals surface area contributed by atoms with Gasteiger partial charge in [-0.15, -0.1) is 0 Å². The molecule has 11 heavy (non-hydrogen) atoms. The van der Waals surface area contributed by atoms with Crippen LogP contribution < -0.4 is 0 Å². The topological polar surface area (TPSA) is 38.7 Å². The van der Waals surface area contributed by atoms with Crippen LogP contribution in [0.3, 0.4) is 0 Å². The molecule has 0 aliphatic rings. The number of rotatable bonds is 6. The summed E-state index contributed by atoms with van der Waals surface area (Å²) in [6.45, 7) is 6.53. The lowest BCUT2D eigenvalue weighted by molar-refractivity contribution is -0.155. The molecule has 1 unspecified atom stereocenters. The van der Waals surface area contributed by atoms with E-state index in [4.69, 9.17) is 14.6 Å². The van der Waals surface area contributed by atoms with Gasteiger partial charge in [-0.2, -0.15) is 0 Å². The van der Waals surface area contributed by atoms with Gasteiger partial charge in [-0.05, 0) is 27.2 Å². The van der Waals surface area contributed by atoms with E-state index < -0.39 is 0 Å². The second-order valence-electron chi connectivity index (χ2n) is 2.48. The fraction of sp³-hybridized carbons (Fsp3) is 1.00. The molecule has 0 aromatic heterocycles. The Hall–Kier alpha value is -0.120. The second-order valence-corrected chi connectivity index (χ2v) is 2.48. The molecule has 2 atom stereocenters. The van der Waals surface area contributed by atoms with Crippen LogP contribution in [0.1, 0.15) is 27.2 Å². The van der Waals surface area contributed by atoms with Gasteiger partial charge >= 0.3 is 0 Å². The molecule has 3 heteroatoms. The molecule has 3 nitrogen and oxygen atoms in total. The predicted octanol–water partition coefficient (Wildman–Crippen LogP) is 1.16. The van der Waals surface area contributed by atoms with E-state index in [1.54, 1.807) is 0 Å². The van der Waals surface area contributed by atoms with Gasteiger partial charge in [0, 0.05) is 13.2 Å². The number of ether oxygens (including phenoxy) is 2. The van der Waals surface area contributed by atoms with Gasteiger partial charge < -0.3 is 14.6 Å². The lowest BCUT2D eigenvalue weighted by Crippen LogP contribution is -2.20. The van der Waals surface area contributed by atoms with Crippen LogP contribution in [0.2, 0.25) is 0 Å². The maximum absolute atomic E-state index is 8.56. The lowest BCUT2D eigenvalue weighted by Gasteiger charge is -2.17. The summed E-state index contributed by atoms with van der Waals surface area (Å²) in [5.74, 6) is 0. The van der Waals surface area contributed by atoms with E-state index in [0.717, 1.165) is 0 Å². The van der Waals surface area contributed by atoms with Crippen molar-refractivity contribution in [2.24, 2.45) is 0 Å². The first-order valence-corrected chi connectivity index (χ1v) is 4.08. The third kappa shape index (κ3) is 6.28. The molecular formula is C8H18O3. The molecule has 0 saturated carbocycles. The monoisotopic (exact) mass is 162 g/mol. The molecule has 0 rings (SSSR count). The van der Waals surface area contributed by atoms with Crippen LogP contribution in [-0.2, 0) is 9.47 Å². The zero-order valence-electron chi connectivity index (χ0n) is 7.54. The Morgan fingerprint density at radius 1 is 1.36 bits per heavy atom. The van der Waals surface area contributed by atoms with Crippen molar-refractivity contribution < 1.29 is 14.6 Å². The predicted molar refractivity (Wildman–Crippen MR) is 43.3 cm³/mol. The Bertz CT molecular complexity index is 75.4. The molecule has 1 N–H and O–H groups in total. The van der Waals surface area contributed by atoms with Crippen LogP contribution in [0.5, 0.6) is 0 Å². The van der Waals surface area contributed by atoms with Crippen molar-refractivity contribution in [2.45, 2.75) is 39.6 Å². The summed E-state index contributed by atoms with van der Waals surface area (Å²) in [6.07, 6.45) is 0.570. The van der Waals surface area contributed by atoms with E-state index in [1.165, 1.54) is 0 Å². The minimum Gasteiger partial charge on any atom is -0.396 e. The van der Waals surface area contributed by atoms with Crippen molar-refractivity contribution in [3.8, 4) is 0 Å². The Morgan fingerprint density at radius 2 is 2.00 bits per heavy atom. The smallest absolute Gasteiger partial charge is 0.155 e. The van der Waals surface area contributed by atoms with Crippen molar-refractivity contribution in [3.63, 3.8) is 0 Å². The third-order valence-corrected chi connectivity index (χ3v) is 1.36. The van der Waals surface area contributed by atoms with Gasteiger partial charge in [0.25, 0.3) is 0 Å². The van der Waals surface area contributed by atoms with Crippen LogP contribution in [-0.4, -0.2) is 30.7 Å². The number of hydrogen-bond donors (Lipinski definition) is 1. The van der Waals surface area contributed by atoms with Crippen molar-refractivity contribution in [1.82, 2.24) is 0 Å². The molecule has 0 fully saturated rings. The second kappa shape index (κ2) is 6.58. The highest BCUT2D eigenvalue weighted by Gasteiger charge is 2.06. The minimum absolute atomic E-state index is 0.0709. The Balaban J connectivity index is 3.32. The quantitative estimate of drug-likeness (QED) is 0.595. The zero-order valence-corrected chi connectivity index (χ0v) is 7.54. The van der Waals surface area contributed by atoms with Crippen LogP contribution in [0, 0.1) is 0 Å². The molecule has 0 spiro atoms. The van der Waals surface area contributed by atoms with Gasteiger partial charge in [-0.25, -0.2) is 0 Å². The molecule has 0 radical (unpaired) electrons. The van der Waals surface area contributed by atoms with Gasteiger partial charge in [0.1, 0.15) is 0 Å². The normalized spacial score (nSPS) is 16.4. The largest absolute Gasteiger partial charge is 0.396 e. The number of aliphatic hydroxyl groups is 1. The first-order valence-electron chi connectivity index (χ1n) is 4.08. The van der Waals surface area contributed by atoms with E-state index in [-0.39, 0.29) is 19.0 Å². The summed E-state index contributed by atoms with van der Waals surface area (Å²) in [4.78, 5) is 0. The van der Waals surface area contributed by atoms with E-state index >= 15 is 0 Å². The standard InChI is InChI=1S/C8H18O3/c1-4-10-8(3)11-7(2)5-6-9/h7-9H,4-6H2,1-3H3/t7?,8-/m0/s1. The number of aliphatic hydroxyl groups excluding tert-OH is 1. The molecule has 0 amide bonds. The molecule has 0 aliphatic heterocycles. The summed E-state index contributed by atoms with van der Waals surface area (Å²) < 4.78 is 10.5. The zero-order chi connectivity index (χ0) is 8.69. The molecule has 0 heterocycles. The van der Waals surface area contributed by atoms with Crippen molar-refractivity contribution in [3.05, 3.63) is 0 Å². The summed E-state index contributed by atoms with van der Waals surface area (Å²) in [5.41, 5.74) is 0. The first-order chi connectivity index (χ1) is 5.20. The Kier molecular flexibility index (Phi) is 6.51. The van der Waals surface area contributed by atoms with Gasteiger partial charge in [0.05, 0.1) is 6.10 Å². The van der Waals surface area contributed by atoms with Gasteiger partial charge in [0.2, 0.25) is 0 Å². The molecule has 0 aromatic rings. The fourth-order valence-electron chi connectivity index (χ4n) is 0.851. The highest BCUT2D eigenvalue weighted by Crippen LogP contribution is 2.02. The van der Waals surface area contributed by atoms with Crippen LogP contribution in [0.25, 0.3) is 0 Å². The van der Waals surface area contributed by atoms with Crippen molar-refractivity contribution >= 4 is 0 Å². The molecular weight excluding hydrogens is 144 g/mol. The van der Waals surface area contributed by atoms with Crippen molar-refractivity contribution in [2.75, 3.05) is 13.2 Å². The van der Waals surface area contributed by atoms with Gasteiger partial charge in [-0.1, -0.05) is 0 Å². The molecule has 0 bridgehead atoms. The number of hydrogen-bond acceptors (Lipinski definition) is 3. The lowest BCUT2D eigenvalue weighted by atomic mass is 10.3. The Labute approximate surface area is 68.3 Å². The minimum atomic E-state index is -0.165. The average molecular weight is 162 g/mol. The molecule has 0 aliphatic carbocycles. The Morgan fingerprint density at radius 3 is 2.45 bits per heavy atom. The van der Waals surface area contributed by atoms with Crippen LogP contribution in [0.15, 0.2) is 0 Å². The maximum Gasteiger partial charge on any atom is 0.155 e. The van der Waals surface area contributed by atoms with Crippen LogP contribution in [0.4, 0.5) is 0 Å². The average Bonchev–Trinajstić information content (AvgIpc) is 1.87. The SMILES string of the molecule is CCO[C@H](C)OC(C)CCO. The van der Waals surface area contributed by atoms with Gasteiger partial charge in [-0.3, -0.25) is 0 Å². The fourth-order valence-corrected chi connectivity index (χ4v) is 0.851. The summed E-state index contributed by atoms with van der Waals surface area (Å²) in [6, 6.07) is 0. The van der Waals surface area contributed by atoms with Crippen LogP contribution >= 0.6 is 0 Å². The maximum atomic E-state index is 8.56. The molecule has 68 valence electrons. The van der Waals surface area contributed by atoms with E-state index in [1.807, 2.05) is 20.8 Å². The van der Waals surface area contributed by atoms with E-state index in [0.29, 0.717) is 13.0 Å². The molecule has 0 aromatic carbocycles. The first kappa shape index (κ1) is 10.9. The molecule has 0 saturated heterocycles. The van der Waals surface area contributed by atoms with Gasteiger partial charge in [0.15, 0.2) is 6.29 Å². The third-order valence-electron chi connectivity index (χ3n) is 1.36. The summed E-state index contributed by atoms with van der Waals surface area (Å²) in [7, 11) is 0. The highest BCUT2D eigenvalue weighted by molar-refractivity contribution is 4.48. The highest BCUT2D eigenvalue weighted by atomic mass is 16.7. The summed E-state index contributed by atoms with van der Waals surface area (Å²) >= 11 is 0. The summed E-state index contributed by atoms with van der Waals surface area (Å²) in [5, 5.41) is 8.56. The van der Waals surface area contributed by atoms with E-state index in [2.05, 4.69) is 0 Å².